The molecule has 3 rings (SSSR count). The van der Waals surface area contributed by atoms with Gasteiger partial charge in [-0.15, -0.1) is 16.9 Å². The van der Waals surface area contributed by atoms with Crippen LogP contribution in [0.1, 0.15) is 157 Å². The van der Waals surface area contributed by atoms with Crippen LogP contribution in [0.25, 0.3) is 0 Å². The van der Waals surface area contributed by atoms with Crippen LogP contribution in [-0.2, 0) is 49.8 Å². The number of likely N-dealkylation sites (tertiary alicyclic amines) is 1. The molecule has 0 bridgehead atoms. The van der Waals surface area contributed by atoms with Crippen molar-refractivity contribution in [2.75, 3.05) is 37.0 Å². The lowest BCUT2D eigenvalue weighted by Gasteiger charge is -2.15. The summed E-state index contributed by atoms with van der Waals surface area (Å²) in [7, 11) is 0. The number of aliphatic hydroxyl groups excluding tert-OH is 6. The second-order valence-electron chi connectivity index (χ2n) is 19.8. The van der Waals surface area contributed by atoms with Crippen LogP contribution in [0.3, 0.4) is 0 Å². The van der Waals surface area contributed by atoms with Crippen LogP contribution in [0.15, 0.2) is 15.8 Å². The highest BCUT2D eigenvalue weighted by Gasteiger charge is 2.39. The lowest BCUT2D eigenvalue weighted by Crippen LogP contribution is -2.40. The number of hydrogen-bond acceptors (Lipinski definition) is 17. The Kier molecular flexibility index (Phi) is 35.9. The fourth-order valence-electron chi connectivity index (χ4n) is 6.32. The van der Waals surface area contributed by atoms with Crippen molar-refractivity contribution in [2.45, 2.75) is 195 Å². The number of rotatable bonds is 32. The van der Waals surface area contributed by atoms with E-state index in [2.05, 4.69) is 51.9 Å². The number of imide groups is 1. The summed E-state index contributed by atoms with van der Waals surface area (Å²) < 4.78 is 1.44. The van der Waals surface area contributed by atoms with Crippen molar-refractivity contribution < 1.29 is 54.6 Å². The zero-order chi connectivity index (χ0) is 53.5. The maximum atomic E-state index is 12.1. The van der Waals surface area contributed by atoms with E-state index in [1.165, 1.54) is 16.4 Å². The van der Waals surface area contributed by atoms with Gasteiger partial charge in [0.1, 0.15) is 11.6 Å². The summed E-state index contributed by atoms with van der Waals surface area (Å²) in [6.45, 7) is 19.9. The number of aliphatic hydroxyl groups is 6. The number of thioether (sulfide) groups is 2. The molecule has 1 fully saturated rings. The Bertz CT molecular complexity index is 1880. The lowest BCUT2D eigenvalue weighted by molar-refractivity contribution is -0.141. The third-order valence-electron chi connectivity index (χ3n) is 11.1. The molecule has 19 heteroatoms. The van der Waals surface area contributed by atoms with Crippen LogP contribution in [0.2, 0.25) is 0 Å². The van der Waals surface area contributed by atoms with Gasteiger partial charge in [-0.1, -0.05) is 74.5 Å². The van der Waals surface area contributed by atoms with Gasteiger partial charge in [-0.2, -0.15) is 11.8 Å². The van der Waals surface area contributed by atoms with Crippen LogP contribution < -0.4 is 10.9 Å². The van der Waals surface area contributed by atoms with Crippen molar-refractivity contribution >= 4 is 52.7 Å². The molecule has 1 aromatic heterocycles. The Balaban J connectivity index is 0.000000916. The van der Waals surface area contributed by atoms with E-state index in [1.807, 2.05) is 27.7 Å². The number of nitrogens with zero attached hydrogens (tertiary/aromatic N) is 4. The van der Waals surface area contributed by atoms with Gasteiger partial charge in [-0.05, 0) is 81.5 Å². The zero-order valence-electron chi connectivity index (χ0n) is 43.8. The monoisotopic (exact) mass is 1030 g/mol. The quantitative estimate of drug-likeness (QED) is 0.0436. The molecule has 5 atom stereocenters. The molecule has 2 heterocycles. The fourth-order valence-corrected chi connectivity index (χ4v) is 8.54. The molecule has 0 aliphatic carbocycles. The van der Waals surface area contributed by atoms with Crippen LogP contribution in [-0.4, -0.2) is 146 Å². The summed E-state index contributed by atoms with van der Waals surface area (Å²) in [5, 5.41) is 61.8. The first-order chi connectivity index (χ1) is 32.9. The summed E-state index contributed by atoms with van der Waals surface area (Å²) >= 11 is 2.85. The SMILES string of the molecule is CC(C)CCC(=O)Cc1cn(CC(O)CO)nn1.CC(C)CCc1c(CCC(O)CO)c(=O)c1=O.CCC(O)CSC1CC(=O)N(CC(=O)CCC(C)C)C1=O.CCC(O)CSCC(=O)CCC(C)C. The Morgan fingerprint density at radius 1 is 0.657 bits per heavy atom. The predicted octanol–water partition coefficient (Wildman–Crippen LogP) is 4.46. The first kappa shape index (κ1) is 66.8. The van der Waals surface area contributed by atoms with Crippen molar-refractivity contribution in [2.24, 2.45) is 23.7 Å². The van der Waals surface area contributed by atoms with Gasteiger partial charge >= 0.3 is 0 Å². The summed E-state index contributed by atoms with van der Waals surface area (Å²) in [5.74, 6) is 3.56. The van der Waals surface area contributed by atoms with Gasteiger partial charge in [0, 0.05) is 54.5 Å². The topological polar surface area (TPSA) is 275 Å². The molecule has 2 amide bonds. The summed E-state index contributed by atoms with van der Waals surface area (Å²) in [6, 6.07) is 0. The lowest BCUT2D eigenvalue weighted by atomic mass is 9.90. The van der Waals surface area contributed by atoms with E-state index in [0.29, 0.717) is 108 Å². The van der Waals surface area contributed by atoms with Gasteiger partial charge < -0.3 is 30.6 Å². The zero-order valence-corrected chi connectivity index (χ0v) is 45.4. The minimum absolute atomic E-state index is 0.0651. The molecule has 5 unspecified atom stereocenters. The van der Waals surface area contributed by atoms with E-state index in [9.17, 15) is 54.0 Å². The number of aromatic nitrogens is 3. The number of amides is 2. The van der Waals surface area contributed by atoms with Crippen molar-refractivity contribution in [3.8, 4) is 0 Å². The normalized spacial score (nSPS) is 15.4. The molecule has 6 N–H and O–H groups in total. The Morgan fingerprint density at radius 3 is 1.64 bits per heavy atom. The molecule has 17 nitrogen and oxygen atoms in total. The van der Waals surface area contributed by atoms with Crippen molar-refractivity contribution in [3.05, 3.63) is 43.5 Å². The van der Waals surface area contributed by atoms with Gasteiger partial charge in [-0.3, -0.25) is 38.5 Å². The van der Waals surface area contributed by atoms with E-state index in [-0.39, 0.29) is 74.1 Å². The Labute approximate surface area is 425 Å². The molecule has 1 aliphatic heterocycles. The number of carbonyl (C=O) groups excluding carboxylic acids is 5. The van der Waals surface area contributed by atoms with Crippen LogP contribution in [0.5, 0.6) is 0 Å². The van der Waals surface area contributed by atoms with E-state index >= 15 is 0 Å². The van der Waals surface area contributed by atoms with Gasteiger partial charge in [0.15, 0.2) is 5.78 Å². The second-order valence-corrected chi connectivity index (χ2v) is 22.0. The number of ketones is 3. The van der Waals surface area contributed by atoms with E-state index in [4.69, 9.17) is 10.2 Å². The molecule has 0 spiro atoms. The van der Waals surface area contributed by atoms with Crippen molar-refractivity contribution in [3.63, 3.8) is 0 Å². The maximum Gasteiger partial charge on any atom is 0.243 e. The maximum absolute atomic E-state index is 12.1. The smallest absolute Gasteiger partial charge is 0.243 e. The highest BCUT2D eigenvalue weighted by atomic mass is 32.2. The molecule has 1 aromatic carbocycles. The first-order valence-electron chi connectivity index (χ1n) is 25.1. The Hall–Kier alpha value is -3.17. The molecule has 70 heavy (non-hydrogen) atoms. The average Bonchev–Trinajstić information content (AvgIpc) is 3.87. The van der Waals surface area contributed by atoms with Crippen molar-refractivity contribution in [1.82, 2.24) is 19.9 Å². The highest BCUT2D eigenvalue weighted by molar-refractivity contribution is 8.00. The van der Waals surface area contributed by atoms with E-state index in [1.54, 1.807) is 18.0 Å². The van der Waals surface area contributed by atoms with E-state index < -0.39 is 29.0 Å². The first-order valence-corrected chi connectivity index (χ1v) is 27.3. The standard InChI is InChI=1S/C15H25NO4S.C13H20O4.C12H21N3O3.C11H22O2S/c1-4-11(17)9-21-13-7-14(19)16(15(13)20)8-12(18)6-5-10(2)3;1-8(2)3-5-10-11(13(17)12(10)16)6-4-9(15)7-14;1-9(2)3-4-11(17)5-10-6-15(14-13-10)7-12(18)8-16;1-4-10(12)7-14-8-11(13)6-5-9(2)3/h10-11,13,17H,4-9H2,1-3H3;8-9,14-15H,3-7H2,1-2H3;6,9,12,16,18H,3-5,7-8H2,1-2H3;9-10,12H,4-8H2,1-3H3. The fraction of sp³-hybridized carbons (Fsp3) is 0.784. The van der Waals surface area contributed by atoms with Gasteiger partial charge in [0.25, 0.3) is 0 Å². The predicted molar refractivity (Wildman–Crippen MR) is 277 cm³/mol. The third-order valence-corrected chi connectivity index (χ3v) is 13.6. The highest BCUT2D eigenvalue weighted by Crippen LogP contribution is 2.26. The molecular formula is C51H88N4O13S2. The number of Topliss-reactive ketones (excluding diaryl/α,β-unsaturated/α-hetero) is 3. The minimum atomic E-state index is -0.851. The molecule has 0 saturated carbocycles. The van der Waals surface area contributed by atoms with Crippen LogP contribution in [0, 0.1) is 23.7 Å². The average molecular weight is 1030 g/mol. The Morgan fingerprint density at radius 2 is 1.14 bits per heavy atom. The molecule has 0 radical (unpaired) electrons. The molecule has 1 saturated heterocycles. The minimum Gasteiger partial charge on any atom is -0.394 e. The number of hydrogen-bond donors (Lipinski definition) is 6. The van der Waals surface area contributed by atoms with Crippen LogP contribution >= 0.6 is 23.5 Å². The molecule has 1 aliphatic rings. The summed E-state index contributed by atoms with van der Waals surface area (Å²) in [6.07, 6.45) is 7.62. The van der Waals surface area contributed by atoms with Crippen LogP contribution in [0.4, 0.5) is 0 Å². The number of carbonyl (C=O) groups is 5. The summed E-state index contributed by atoms with van der Waals surface area (Å²) in [4.78, 5) is 82.6. The summed E-state index contributed by atoms with van der Waals surface area (Å²) in [5.41, 5.74) is 1.03. The van der Waals surface area contributed by atoms with Gasteiger partial charge in [0.05, 0.1) is 73.8 Å². The van der Waals surface area contributed by atoms with E-state index in [0.717, 1.165) is 37.0 Å². The third kappa shape index (κ3) is 30.0. The molecule has 2 aromatic rings. The van der Waals surface area contributed by atoms with Gasteiger partial charge in [-0.25, -0.2) is 4.68 Å². The largest absolute Gasteiger partial charge is 0.394 e. The molecule has 402 valence electrons. The van der Waals surface area contributed by atoms with Crippen molar-refractivity contribution in [1.29, 1.82) is 0 Å². The van der Waals surface area contributed by atoms with Gasteiger partial charge in [0.2, 0.25) is 22.7 Å². The molecular weight excluding hydrogens is 941 g/mol. The second kappa shape index (κ2) is 37.6.